The fourth-order valence-corrected chi connectivity index (χ4v) is 2.81. The van der Waals surface area contributed by atoms with E-state index in [0.717, 1.165) is 28.3 Å². The van der Waals surface area contributed by atoms with E-state index < -0.39 is 0 Å². The van der Waals surface area contributed by atoms with Crippen LogP contribution in [0.3, 0.4) is 0 Å². The lowest BCUT2D eigenvalue weighted by Gasteiger charge is -2.17. The molecule has 2 aromatic carbocycles. The minimum atomic E-state index is 0.0130. The number of anilines is 1. The maximum Gasteiger partial charge on any atom is 0.251 e. The van der Waals surface area contributed by atoms with Gasteiger partial charge in [0.1, 0.15) is 0 Å². The van der Waals surface area contributed by atoms with Gasteiger partial charge in [-0.05, 0) is 43.2 Å². The lowest BCUT2D eigenvalue weighted by Crippen LogP contribution is -2.19. The molecule has 3 rings (SSSR count). The summed E-state index contributed by atoms with van der Waals surface area (Å²) in [4.78, 5) is 11.7. The van der Waals surface area contributed by atoms with Crippen LogP contribution in [0, 0.1) is 0 Å². The standard InChI is InChI=1S/C17H17ClN2O/c1-11(9-12-5-7-13(18)8-6-12)20-16-4-2-3-14-15(16)10-19-17(14)21/h2-8,11,20H,9-10H2,1H3,(H,19,21). The van der Waals surface area contributed by atoms with Crippen LogP contribution in [0.25, 0.3) is 0 Å². The average molecular weight is 301 g/mol. The second kappa shape index (κ2) is 5.78. The highest BCUT2D eigenvalue weighted by atomic mass is 35.5. The van der Waals surface area contributed by atoms with Crippen LogP contribution in [-0.2, 0) is 13.0 Å². The van der Waals surface area contributed by atoms with E-state index in [1.807, 2.05) is 42.5 Å². The molecule has 0 radical (unpaired) electrons. The molecule has 0 saturated heterocycles. The van der Waals surface area contributed by atoms with Crippen molar-refractivity contribution >= 4 is 23.2 Å². The van der Waals surface area contributed by atoms with Crippen LogP contribution in [0.5, 0.6) is 0 Å². The van der Waals surface area contributed by atoms with E-state index in [4.69, 9.17) is 11.6 Å². The summed E-state index contributed by atoms with van der Waals surface area (Å²) in [5.41, 5.74) is 4.11. The van der Waals surface area contributed by atoms with Crippen LogP contribution < -0.4 is 10.6 Å². The Labute approximate surface area is 129 Å². The summed E-state index contributed by atoms with van der Waals surface area (Å²) in [6.07, 6.45) is 0.905. The molecular weight excluding hydrogens is 284 g/mol. The second-order valence-corrected chi connectivity index (χ2v) is 5.83. The average Bonchev–Trinajstić information content (AvgIpc) is 2.84. The SMILES string of the molecule is CC(Cc1ccc(Cl)cc1)Nc1cccc2c1CNC2=O. The molecule has 0 saturated carbocycles. The molecule has 0 aliphatic carbocycles. The van der Waals surface area contributed by atoms with E-state index in [1.54, 1.807) is 0 Å². The van der Waals surface area contributed by atoms with E-state index in [0.29, 0.717) is 6.54 Å². The van der Waals surface area contributed by atoms with Crippen LogP contribution in [0.1, 0.15) is 28.4 Å². The molecule has 21 heavy (non-hydrogen) atoms. The highest BCUT2D eigenvalue weighted by molar-refractivity contribution is 6.30. The lowest BCUT2D eigenvalue weighted by atomic mass is 10.0. The Bertz CT molecular complexity index is 667. The quantitative estimate of drug-likeness (QED) is 0.905. The highest BCUT2D eigenvalue weighted by Gasteiger charge is 2.21. The number of nitrogens with one attached hydrogen (secondary N) is 2. The summed E-state index contributed by atoms with van der Waals surface area (Å²) in [6, 6.07) is 14.0. The Morgan fingerprint density at radius 2 is 2.00 bits per heavy atom. The van der Waals surface area contributed by atoms with Crippen molar-refractivity contribution in [1.29, 1.82) is 0 Å². The fourth-order valence-electron chi connectivity index (χ4n) is 2.68. The number of carbonyl (C=O) groups excluding carboxylic acids is 1. The van der Waals surface area contributed by atoms with Crippen LogP contribution >= 0.6 is 11.6 Å². The molecule has 1 heterocycles. The van der Waals surface area contributed by atoms with Crippen molar-refractivity contribution in [1.82, 2.24) is 5.32 Å². The first-order valence-electron chi connectivity index (χ1n) is 7.04. The van der Waals surface area contributed by atoms with Crippen LogP contribution in [-0.4, -0.2) is 11.9 Å². The van der Waals surface area contributed by atoms with Crippen molar-refractivity contribution in [3.63, 3.8) is 0 Å². The Morgan fingerprint density at radius 3 is 2.76 bits per heavy atom. The predicted molar refractivity (Wildman–Crippen MR) is 85.9 cm³/mol. The largest absolute Gasteiger partial charge is 0.382 e. The molecule has 0 bridgehead atoms. The third-order valence-electron chi connectivity index (χ3n) is 3.70. The Balaban J connectivity index is 1.72. The molecule has 2 N–H and O–H groups in total. The minimum absolute atomic E-state index is 0.0130. The van der Waals surface area contributed by atoms with Gasteiger partial charge in [-0.15, -0.1) is 0 Å². The fraction of sp³-hybridized carbons (Fsp3) is 0.235. The van der Waals surface area contributed by atoms with Gasteiger partial charge in [0.15, 0.2) is 0 Å². The van der Waals surface area contributed by atoms with Crippen molar-refractivity contribution in [2.24, 2.45) is 0 Å². The monoisotopic (exact) mass is 300 g/mol. The van der Waals surface area contributed by atoms with Crippen molar-refractivity contribution in [2.45, 2.75) is 25.9 Å². The van der Waals surface area contributed by atoms with Crippen molar-refractivity contribution in [3.8, 4) is 0 Å². The van der Waals surface area contributed by atoms with Crippen LogP contribution in [0.2, 0.25) is 5.02 Å². The summed E-state index contributed by atoms with van der Waals surface area (Å²) >= 11 is 5.90. The van der Waals surface area contributed by atoms with Gasteiger partial charge in [-0.1, -0.05) is 29.8 Å². The number of halogens is 1. The van der Waals surface area contributed by atoms with E-state index >= 15 is 0 Å². The zero-order valence-corrected chi connectivity index (χ0v) is 12.6. The Hall–Kier alpha value is -2.00. The Kier molecular flexibility index (Phi) is 3.84. The molecule has 1 aliphatic heterocycles. The molecule has 1 unspecified atom stereocenters. The molecular formula is C17H17ClN2O. The number of hydrogen-bond acceptors (Lipinski definition) is 2. The van der Waals surface area contributed by atoms with Gasteiger partial charge < -0.3 is 10.6 Å². The molecule has 1 aliphatic rings. The normalized spacial score (nSPS) is 14.5. The summed E-state index contributed by atoms with van der Waals surface area (Å²) in [5.74, 6) is 0.0130. The van der Waals surface area contributed by atoms with Gasteiger partial charge in [-0.2, -0.15) is 0 Å². The summed E-state index contributed by atoms with van der Waals surface area (Å²) in [7, 11) is 0. The minimum Gasteiger partial charge on any atom is -0.382 e. The summed E-state index contributed by atoms with van der Waals surface area (Å²) in [6.45, 7) is 2.74. The van der Waals surface area contributed by atoms with Gasteiger partial charge in [0, 0.05) is 34.4 Å². The number of benzene rings is 2. The first-order valence-corrected chi connectivity index (χ1v) is 7.42. The zero-order chi connectivity index (χ0) is 14.8. The second-order valence-electron chi connectivity index (χ2n) is 5.39. The van der Waals surface area contributed by atoms with Gasteiger partial charge in [0.05, 0.1) is 0 Å². The highest BCUT2D eigenvalue weighted by Crippen LogP contribution is 2.25. The van der Waals surface area contributed by atoms with E-state index in [-0.39, 0.29) is 11.9 Å². The molecule has 3 nitrogen and oxygen atoms in total. The first kappa shape index (κ1) is 14.0. The molecule has 4 heteroatoms. The number of fused-ring (bicyclic) bond motifs is 1. The maximum absolute atomic E-state index is 11.7. The molecule has 0 aromatic heterocycles. The van der Waals surface area contributed by atoms with Crippen LogP contribution in [0.15, 0.2) is 42.5 Å². The number of rotatable bonds is 4. The number of carbonyl (C=O) groups is 1. The molecule has 0 fully saturated rings. The summed E-state index contributed by atoms with van der Waals surface area (Å²) in [5, 5.41) is 7.12. The van der Waals surface area contributed by atoms with Crippen molar-refractivity contribution < 1.29 is 4.79 Å². The number of amides is 1. The molecule has 0 spiro atoms. The maximum atomic E-state index is 11.7. The zero-order valence-electron chi connectivity index (χ0n) is 11.8. The molecule has 2 aromatic rings. The van der Waals surface area contributed by atoms with E-state index in [2.05, 4.69) is 17.6 Å². The molecule has 1 atom stereocenters. The third-order valence-corrected chi connectivity index (χ3v) is 3.96. The Morgan fingerprint density at radius 1 is 1.24 bits per heavy atom. The summed E-state index contributed by atoms with van der Waals surface area (Å²) < 4.78 is 0. The molecule has 108 valence electrons. The lowest BCUT2D eigenvalue weighted by molar-refractivity contribution is 0.0966. The van der Waals surface area contributed by atoms with Crippen LogP contribution in [0.4, 0.5) is 5.69 Å². The van der Waals surface area contributed by atoms with Gasteiger partial charge >= 0.3 is 0 Å². The van der Waals surface area contributed by atoms with Gasteiger partial charge in [-0.25, -0.2) is 0 Å². The van der Waals surface area contributed by atoms with E-state index in [9.17, 15) is 4.79 Å². The van der Waals surface area contributed by atoms with Gasteiger partial charge in [-0.3, -0.25) is 4.79 Å². The third kappa shape index (κ3) is 3.03. The predicted octanol–water partition coefficient (Wildman–Crippen LogP) is 3.63. The topological polar surface area (TPSA) is 41.1 Å². The first-order chi connectivity index (χ1) is 10.1. The van der Waals surface area contributed by atoms with Gasteiger partial charge in [0.25, 0.3) is 5.91 Å². The molecule has 1 amide bonds. The number of hydrogen-bond donors (Lipinski definition) is 2. The van der Waals surface area contributed by atoms with Crippen molar-refractivity contribution in [2.75, 3.05) is 5.32 Å². The van der Waals surface area contributed by atoms with E-state index in [1.165, 1.54) is 5.56 Å². The smallest absolute Gasteiger partial charge is 0.251 e. The van der Waals surface area contributed by atoms with Crippen molar-refractivity contribution in [3.05, 3.63) is 64.2 Å². The van der Waals surface area contributed by atoms with Gasteiger partial charge in [0.2, 0.25) is 0 Å².